The smallest absolute Gasteiger partial charge is 0.161 e. The lowest BCUT2D eigenvalue weighted by atomic mass is 10.1. The van der Waals surface area contributed by atoms with E-state index in [4.69, 9.17) is 14.6 Å². The van der Waals surface area contributed by atoms with Crippen LogP contribution < -0.4 is 9.47 Å². The SMILES string of the molecule is OCc1cc(-c2ccc3c(c2)OCCCO3)n[nH]1. The van der Waals surface area contributed by atoms with Crippen LogP contribution in [0.1, 0.15) is 12.1 Å². The fraction of sp³-hybridized carbons (Fsp3) is 0.308. The van der Waals surface area contributed by atoms with Crippen molar-refractivity contribution in [3.8, 4) is 22.8 Å². The molecule has 1 aliphatic rings. The zero-order chi connectivity index (χ0) is 12.4. The zero-order valence-corrected chi connectivity index (χ0v) is 9.85. The Hall–Kier alpha value is -2.01. The highest BCUT2D eigenvalue weighted by Gasteiger charge is 2.12. The number of aliphatic hydroxyl groups is 1. The number of benzene rings is 1. The topological polar surface area (TPSA) is 67.4 Å². The van der Waals surface area contributed by atoms with Crippen molar-refractivity contribution < 1.29 is 14.6 Å². The Morgan fingerprint density at radius 3 is 2.78 bits per heavy atom. The molecule has 0 amide bonds. The molecule has 0 saturated heterocycles. The second-order valence-electron chi connectivity index (χ2n) is 4.15. The largest absolute Gasteiger partial charge is 0.490 e. The number of ether oxygens (including phenoxy) is 2. The van der Waals surface area contributed by atoms with Gasteiger partial charge in [-0.1, -0.05) is 0 Å². The molecule has 0 unspecified atom stereocenters. The number of fused-ring (bicyclic) bond motifs is 1. The van der Waals surface area contributed by atoms with Gasteiger partial charge in [0.2, 0.25) is 0 Å². The molecule has 3 rings (SSSR count). The third kappa shape index (κ3) is 2.04. The molecule has 5 heteroatoms. The maximum atomic E-state index is 9.01. The molecule has 2 N–H and O–H groups in total. The minimum absolute atomic E-state index is 0.0441. The van der Waals surface area contributed by atoms with Gasteiger partial charge < -0.3 is 14.6 Å². The number of aromatic amines is 1. The summed E-state index contributed by atoms with van der Waals surface area (Å²) >= 11 is 0. The van der Waals surface area contributed by atoms with Crippen LogP contribution in [0.5, 0.6) is 11.5 Å². The molecule has 0 spiro atoms. The van der Waals surface area contributed by atoms with Gasteiger partial charge in [0.25, 0.3) is 0 Å². The van der Waals surface area contributed by atoms with E-state index in [-0.39, 0.29) is 6.61 Å². The molecule has 1 aliphatic heterocycles. The molecular formula is C13H14N2O3. The predicted molar refractivity (Wildman–Crippen MR) is 65.6 cm³/mol. The van der Waals surface area contributed by atoms with Crippen LogP contribution in [0.2, 0.25) is 0 Å². The van der Waals surface area contributed by atoms with Crippen molar-refractivity contribution in [1.82, 2.24) is 10.2 Å². The summed E-state index contributed by atoms with van der Waals surface area (Å²) in [6.07, 6.45) is 0.890. The van der Waals surface area contributed by atoms with Crippen LogP contribution in [-0.2, 0) is 6.61 Å². The lowest BCUT2D eigenvalue weighted by molar-refractivity contribution is 0.276. The van der Waals surface area contributed by atoms with Crippen LogP contribution in [-0.4, -0.2) is 28.5 Å². The van der Waals surface area contributed by atoms with Gasteiger partial charge in [0, 0.05) is 12.0 Å². The Bertz CT molecular complexity index is 551. The van der Waals surface area contributed by atoms with Gasteiger partial charge in [-0.05, 0) is 24.3 Å². The van der Waals surface area contributed by atoms with Crippen molar-refractivity contribution >= 4 is 0 Å². The van der Waals surface area contributed by atoms with Gasteiger partial charge in [0.1, 0.15) is 0 Å². The van der Waals surface area contributed by atoms with Gasteiger partial charge >= 0.3 is 0 Å². The fourth-order valence-electron chi connectivity index (χ4n) is 1.91. The summed E-state index contributed by atoms with van der Waals surface area (Å²) in [4.78, 5) is 0. The molecule has 18 heavy (non-hydrogen) atoms. The number of nitrogens with one attached hydrogen (secondary N) is 1. The van der Waals surface area contributed by atoms with Crippen LogP contribution in [0.3, 0.4) is 0 Å². The van der Waals surface area contributed by atoms with E-state index in [1.165, 1.54) is 0 Å². The maximum Gasteiger partial charge on any atom is 0.161 e. The minimum atomic E-state index is -0.0441. The molecular weight excluding hydrogens is 232 g/mol. The van der Waals surface area contributed by atoms with Crippen molar-refractivity contribution in [3.63, 3.8) is 0 Å². The summed E-state index contributed by atoms with van der Waals surface area (Å²) < 4.78 is 11.2. The summed E-state index contributed by atoms with van der Waals surface area (Å²) in [5.74, 6) is 1.52. The maximum absolute atomic E-state index is 9.01. The van der Waals surface area contributed by atoms with E-state index < -0.39 is 0 Å². The van der Waals surface area contributed by atoms with Crippen molar-refractivity contribution in [1.29, 1.82) is 0 Å². The Balaban J connectivity index is 1.95. The van der Waals surface area contributed by atoms with Crippen LogP contribution in [0.4, 0.5) is 0 Å². The molecule has 1 aromatic heterocycles. The van der Waals surface area contributed by atoms with E-state index in [1.807, 2.05) is 24.3 Å². The number of rotatable bonds is 2. The van der Waals surface area contributed by atoms with Gasteiger partial charge in [-0.25, -0.2) is 0 Å². The number of hydrogen-bond acceptors (Lipinski definition) is 4. The van der Waals surface area contributed by atoms with Gasteiger partial charge in [-0.15, -0.1) is 0 Å². The predicted octanol–water partition coefficient (Wildman–Crippen LogP) is 1.73. The van der Waals surface area contributed by atoms with Crippen molar-refractivity contribution in [3.05, 3.63) is 30.0 Å². The summed E-state index contributed by atoms with van der Waals surface area (Å²) in [6, 6.07) is 7.56. The van der Waals surface area contributed by atoms with Gasteiger partial charge in [-0.3, -0.25) is 5.10 Å². The minimum Gasteiger partial charge on any atom is -0.490 e. The monoisotopic (exact) mass is 246 g/mol. The number of hydrogen-bond donors (Lipinski definition) is 2. The van der Waals surface area contributed by atoms with Gasteiger partial charge in [-0.2, -0.15) is 5.10 Å². The van der Waals surface area contributed by atoms with Gasteiger partial charge in [0.05, 0.1) is 31.2 Å². The highest BCUT2D eigenvalue weighted by atomic mass is 16.5. The molecule has 2 heterocycles. The zero-order valence-electron chi connectivity index (χ0n) is 9.85. The first-order chi connectivity index (χ1) is 8.86. The number of aliphatic hydroxyl groups excluding tert-OH is 1. The van der Waals surface area contributed by atoms with Crippen molar-refractivity contribution in [2.45, 2.75) is 13.0 Å². The molecule has 0 fully saturated rings. The molecule has 1 aromatic carbocycles. The Labute approximate surface area is 104 Å². The average Bonchev–Trinajstić information content (AvgIpc) is 2.76. The first kappa shape index (κ1) is 11.1. The molecule has 0 aliphatic carbocycles. The molecule has 0 bridgehead atoms. The van der Waals surface area contributed by atoms with Crippen LogP contribution in [0.25, 0.3) is 11.3 Å². The van der Waals surface area contributed by atoms with Crippen molar-refractivity contribution in [2.24, 2.45) is 0 Å². The van der Waals surface area contributed by atoms with E-state index in [2.05, 4.69) is 10.2 Å². The van der Waals surface area contributed by atoms with Crippen LogP contribution in [0, 0.1) is 0 Å². The summed E-state index contributed by atoms with van der Waals surface area (Å²) in [5, 5.41) is 15.9. The number of H-pyrrole nitrogens is 1. The highest BCUT2D eigenvalue weighted by Crippen LogP contribution is 2.33. The van der Waals surface area contributed by atoms with E-state index in [9.17, 15) is 0 Å². The van der Waals surface area contributed by atoms with Crippen LogP contribution >= 0.6 is 0 Å². The van der Waals surface area contributed by atoms with Crippen LogP contribution in [0.15, 0.2) is 24.3 Å². The molecule has 5 nitrogen and oxygen atoms in total. The average molecular weight is 246 g/mol. The third-order valence-corrected chi connectivity index (χ3v) is 2.84. The first-order valence-corrected chi connectivity index (χ1v) is 5.92. The summed E-state index contributed by atoms with van der Waals surface area (Å²) in [5.41, 5.74) is 2.42. The van der Waals surface area contributed by atoms with Gasteiger partial charge in [0.15, 0.2) is 11.5 Å². The first-order valence-electron chi connectivity index (χ1n) is 5.92. The summed E-state index contributed by atoms with van der Waals surface area (Å²) in [7, 11) is 0. The Morgan fingerprint density at radius 2 is 2.00 bits per heavy atom. The third-order valence-electron chi connectivity index (χ3n) is 2.84. The van der Waals surface area contributed by atoms with E-state index >= 15 is 0 Å². The number of aromatic nitrogens is 2. The fourth-order valence-corrected chi connectivity index (χ4v) is 1.91. The second-order valence-corrected chi connectivity index (χ2v) is 4.15. The Morgan fingerprint density at radius 1 is 1.17 bits per heavy atom. The molecule has 0 saturated carbocycles. The normalized spacial score (nSPS) is 14.3. The lowest BCUT2D eigenvalue weighted by Gasteiger charge is -2.07. The van der Waals surface area contributed by atoms with E-state index in [0.717, 1.165) is 29.2 Å². The number of nitrogens with zero attached hydrogens (tertiary/aromatic N) is 1. The molecule has 2 aromatic rings. The van der Waals surface area contributed by atoms with E-state index in [1.54, 1.807) is 0 Å². The van der Waals surface area contributed by atoms with Crippen molar-refractivity contribution in [2.75, 3.05) is 13.2 Å². The standard InChI is InChI=1S/C13H14N2O3/c16-8-10-7-11(15-14-10)9-2-3-12-13(6-9)18-5-1-4-17-12/h2-3,6-7,16H,1,4-5,8H2,(H,14,15). The molecule has 0 atom stereocenters. The molecule has 94 valence electrons. The quantitative estimate of drug-likeness (QED) is 0.846. The molecule has 0 radical (unpaired) electrons. The Kier molecular flexibility index (Phi) is 2.90. The highest BCUT2D eigenvalue weighted by molar-refractivity contribution is 5.64. The lowest BCUT2D eigenvalue weighted by Crippen LogP contribution is -1.97. The van der Waals surface area contributed by atoms with E-state index in [0.29, 0.717) is 18.9 Å². The second kappa shape index (κ2) is 4.70. The summed E-state index contributed by atoms with van der Waals surface area (Å²) in [6.45, 7) is 1.31.